The average Bonchev–Trinajstić information content (AvgIpc) is 2.24. The number of aliphatic hydroxyl groups is 4. The lowest BCUT2D eigenvalue weighted by atomic mass is 9.62. The highest BCUT2D eigenvalue weighted by molar-refractivity contribution is 5.81. The molecule has 0 fully saturated rings. The molecule has 130 valence electrons. The molecule has 0 saturated heterocycles. The molecule has 0 spiro atoms. The van der Waals surface area contributed by atoms with E-state index in [2.05, 4.69) is 6.58 Å². The summed E-state index contributed by atoms with van der Waals surface area (Å²) in [5.41, 5.74) is -5.92. The monoisotopic (exact) mass is 320 g/mol. The van der Waals surface area contributed by atoms with Gasteiger partial charge in [0.1, 0.15) is 5.41 Å². The molecule has 0 radical (unpaired) electrons. The van der Waals surface area contributed by atoms with Gasteiger partial charge < -0.3 is 29.9 Å². The topological polar surface area (TPSA) is 116 Å². The summed E-state index contributed by atoms with van der Waals surface area (Å²) < 4.78 is 10.2. The van der Waals surface area contributed by atoms with Gasteiger partial charge in [0.05, 0.1) is 23.9 Å². The molecule has 0 amide bonds. The van der Waals surface area contributed by atoms with Crippen molar-refractivity contribution in [3.05, 3.63) is 12.7 Å². The van der Waals surface area contributed by atoms with Crippen molar-refractivity contribution in [2.75, 3.05) is 6.61 Å². The molecular formula is C15H28O7. The first-order valence-electron chi connectivity index (χ1n) is 6.99. The van der Waals surface area contributed by atoms with Gasteiger partial charge in [0.15, 0.2) is 0 Å². The number of hydrogen-bond donors (Lipinski definition) is 4. The third-order valence-corrected chi connectivity index (χ3v) is 3.67. The number of carbonyl (C=O) groups is 1. The molecule has 0 bridgehead atoms. The molecule has 0 aliphatic heterocycles. The Hall–Kier alpha value is -0.990. The summed E-state index contributed by atoms with van der Waals surface area (Å²) in [7, 11) is 0. The summed E-state index contributed by atoms with van der Waals surface area (Å²) in [5, 5.41) is 41.8. The Morgan fingerprint density at radius 2 is 1.55 bits per heavy atom. The Morgan fingerprint density at radius 3 is 1.77 bits per heavy atom. The summed E-state index contributed by atoms with van der Waals surface area (Å²) >= 11 is 0. The fraction of sp³-hybridized carbons (Fsp3) is 0.800. The molecule has 7 nitrogen and oxygen atoms in total. The molecule has 1 atom stereocenters. The second-order valence-corrected chi connectivity index (χ2v) is 6.56. The van der Waals surface area contributed by atoms with Gasteiger partial charge in [-0.3, -0.25) is 0 Å². The van der Waals surface area contributed by atoms with E-state index >= 15 is 0 Å². The van der Waals surface area contributed by atoms with E-state index in [1.807, 2.05) is 0 Å². The quantitative estimate of drug-likeness (QED) is 0.289. The Labute approximate surface area is 131 Å². The lowest BCUT2D eigenvalue weighted by Gasteiger charge is -2.55. The highest BCUT2D eigenvalue weighted by atomic mass is 16.8. The summed E-state index contributed by atoms with van der Waals surface area (Å²) in [5.74, 6) is -3.83. The van der Waals surface area contributed by atoms with Crippen LogP contribution < -0.4 is 0 Å². The minimum atomic E-state index is -2.79. The molecule has 0 saturated carbocycles. The SMILES string of the molecule is C=CC(=O)OC(O)(OC(C)C)C(CO)(C(C)(C)O)C(C)(C)O. The Balaban J connectivity index is 6.41. The van der Waals surface area contributed by atoms with Gasteiger partial charge in [-0.2, -0.15) is 0 Å². The Morgan fingerprint density at radius 1 is 1.14 bits per heavy atom. The van der Waals surface area contributed by atoms with Crippen molar-refractivity contribution in [3.8, 4) is 0 Å². The molecule has 0 aromatic carbocycles. The second kappa shape index (κ2) is 6.64. The molecule has 22 heavy (non-hydrogen) atoms. The van der Waals surface area contributed by atoms with Gasteiger partial charge in [-0.15, -0.1) is 0 Å². The van der Waals surface area contributed by atoms with Crippen molar-refractivity contribution in [3.63, 3.8) is 0 Å². The van der Waals surface area contributed by atoms with Gasteiger partial charge >= 0.3 is 11.9 Å². The van der Waals surface area contributed by atoms with Crippen LogP contribution in [0.5, 0.6) is 0 Å². The molecule has 0 rings (SSSR count). The van der Waals surface area contributed by atoms with Gasteiger partial charge in [0.25, 0.3) is 0 Å². The summed E-state index contributed by atoms with van der Waals surface area (Å²) in [4.78, 5) is 11.6. The molecule has 1 unspecified atom stereocenters. The van der Waals surface area contributed by atoms with Crippen LogP contribution in [-0.2, 0) is 14.3 Å². The maximum Gasteiger partial charge on any atom is 0.341 e. The highest BCUT2D eigenvalue weighted by Gasteiger charge is 2.70. The van der Waals surface area contributed by atoms with Crippen LogP contribution in [0, 0.1) is 5.41 Å². The van der Waals surface area contributed by atoms with E-state index in [9.17, 15) is 25.2 Å². The third-order valence-electron chi connectivity index (χ3n) is 3.67. The average molecular weight is 320 g/mol. The van der Waals surface area contributed by atoms with Gasteiger partial charge in [0, 0.05) is 6.08 Å². The maximum absolute atomic E-state index is 11.6. The molecule has 0 aliphatic rings. The van der Waals surface area contributed by atoms with Crippen LogP contribution in [0.3, 0.4) is 0 Å². The zero-order chi connectivity index (χ0) is 18.0. The van der Waals surface area contributed by atoms with Crippen molar-refractivity contribution < 1.29 is 34.7 Å². The largest absolute Gasteiger partial charge is 0.404 e. The van der Waals surface area contributed by atoms with Gasteiger partial charge in [-0.05, 0) is 41.5 Å². The number of aliphatic hydroxyl groups excluding tert-OH is 1. The smallest absolute Gasteiger partial charge is 0.341 e. The Bertz CT molecular complexity index is 389. The normalized spacial score (nSPS) is 16.3. The van der Waals surface area contributed by atoms with Crippen LogP contribution >= 0.6 is 0 Å². The van der Waals surface area contributed by atoms with Crippen LogP contribution in [0.4, 0.5) is 0 Å². The molecule has 0 aromatic rings. The van der Waals surface area contributed by atoms with E-state index in [0.29, 0.717) is 0 Å². The van der Waals surface area contributed by atoms with Crippen LogP contribution in [0.1, 0.15) is 41.5 Å². The zero-order valence-corrected chi connectivity index (χ0v) is 14.1. The fourth-order valence-corrected chi connectivity index (χ4v) is 2.72. The molecule has 0 aliphatic carbocycles. The van der Waals surface area contributed by atoms with Crippen molar-refractivity contribution in [1.29, 1.82) is 0 Å². The van der Waals surface area contributed by atoms with Crippen LogP contribution in [-0.4, -0.2) is 56.3 Å². The Kier molecular flexibility index (Phi) is 6.34. The van der Waals surface area contributed by atoms with E-state index < -0.39 is 41.3 Å². The lowest BCUT2D eigenvalue weighted by molar-refractivity contribution is -0.453. The summed E-state index contributed by atoms with van der Waals surface area (Å²) in [6.45, 7) is 10.5. The number of hydrogen-bond acceptors (Lipinski definition) is 7. The van der Waals surface area contributed by atoms with Crippen LogP contribution in [0.25, 0.3) is 0 Å². The van der Waals surface area contributed by atoms with Crippen LogP contribution in [0.15, 0.2) is 12.7 Å². The first-order valence-corrected chi connectivity index (χ1v) is 6.99. The van der Waals surface area contributed by atoms with Crippen molar-refractivity contribution in [2.45, 2.75) is 64.8 Å². The first-order chi connectivity index (χ1) is 9.68. The maximum atomic E-state index is 11.6. The van der Waals surface area contributed by atoms with E-state index in [0.717, 1.165) is 6.08 Å². The van der Waals surface area contributed by atoms with Gasteiger partial charge in [-0.25, -0.2) is 4.79 Å². The van der Waals surface area contributed by atoms with Crippen LogP contribution in [0.2, 0.25) is 0 Å². The van der Waals surface area contributed by atoms with E-state index in [4.69, 9.17) is 9.47 Å². The third kappa shape index (κ3) is 3.67. The first kappa shape index (κ1) is 21.0. The fourth-order valence-electron chi connectivity index (χ4n) is 2.72. The highest BCUT2D eigenvalue weighted by Crippen LogP contribution is 2.51. The molecular weight excluding hydrogens is 292 g/mol. The molecule has 0 heterocycles. The number of rotatable bonds is 8. The predicted molar refractivity (Wildman–Crippen MR) is 79.6 cm³/mol. The van der Waals surface area contributed by atoms with Crippen molar-refractivity contribution in [1.82, 2.24) is 0 Å². The lowest BCUT2D eigenvalue weighted by Crippen LogP contribution is -2.73. The van der Waals surface area contributed by atoms with E-state index in [-0.39, 0.29) is 0 Å². The predicted octanol–water partition coefficient (Wildman–Crippen LogP) is 0.307. The zero-order valence-electron chi connectivity index (χ0n) is 14.1. The van der Waals surface area contributed by atoms with Gasteiger partial charge in [0.2, 0.25) is 0 Å². The molecule has 7 heteroatoms. The minimum Gasteiger partial charge on any atom is -0.404 e. The summed E-state index contributed by atoms with van der Waals surface area (Å²) in [6, 6.07) is 0. The molecule has 4 N–H and O–H groups in total. The van der Waals surface area contributed by atoms with E-state index in [1.54, 1.807) is 13.8 Å². The van der Waals surface area contributed by atoms with Crippen molar-refractivity contribution >= 4 is 5.97 Å². The van der Waals surface area contributed by atoms with Crippen molar-refractivity contribution in [2.24, 2.45) is 5.41 Å². The number of esters is 1. The summed E-state index contributed by atoms with van der Waals surface area (Å²) in [6.07, 6.45) is 0.157. The number of carbonyl (C=O) groups excluding carboxylic acids is 1. The second-order valence-electron chi connectivity index (χ2n) is 6.56. The molecule has 0 aromatic heterocycles. The minimum absolute atomic E-state index is 0.641. The standard InChI is InChI=1S/C15H28O7/c1-8-11(17)22-15(20,21-10(2)3)14(9-16,12(4,5)18)13(6,7)19/h8,10,16,18-20H,1,9H2,2-7H3. The van der Waals surface area contributed by atoms with E-state index in [1.165, 1.54) is 27.7 Å². The number of ether oxygens (including phenoxy) is 2. The van der Waals surface area contributed by atoms with Gasteiger partial charge in [-0.1, -0.05) is 6.58 Å².